The molecule has 3 aromatic rings. The van der Waals surface area contributed by atoms with Crippen LogP contribution in [0.25, 0.3) is 11.0 Å². The highest BCUT2D eigenvalue weighted by Crippen LogP contribution is 2.45. The first-order chi connectivity index (χ1) is 13.5. The smallest absolute Gasteiger partial charge is 0.272 e. The number of hydrogen-bond donors (Lipinski definition) is 0. The summed E-state index contributed by atoms with van der Waals surface area (Å²) in [7, 11) is 4.18. The number of aromatic nitrogens is 2. The van der Waals surface area contributed by atoms with Crippen LogP contribution in [-0.4, -0.2) is 51.9 Å². The van der Waals surface area contributed by atoms with Gasteiger partial charge in [-0.05, 0) is 49.2 Å². The van der Waals surface area contributed by atoms with Crippen LogP contribution in [0, 0.1) is 18.8 Å². The molecule has 4 heterocycles. The van der Waals surface area contributed by atoms with Crippen LogP contribution in [0.5, 0.6) is 0 Å². The predicted molar refractivity (Wildman–Crippen MR) is 110 cm³/mol. The van der Waals surface area contributed by atoms with Crippen LogP contribution in [0.15, 0.2) is 48.7 Å². The molecule has 0 spiro atoms. The molecule has 0 radical (unpaired) electrons. The lowest BCUT2D eigenvalue weighted by Gasteiger charge is -2.28. The molecule has 2 aliphatic heterocycles. The van der Waals surface area contributed by atoms with Crippen molar-refractivity contribution in [3.63, 3.8) is 0 Å². The van der Waals surface area contributed by atoms with E-state index in [9.17, 15) is 4.79 Å². The normalized spacial score (nSPS) is 24.8. The van der Waals surface area contributed by atoms with Crippen molar-refractivity contribution in [1.29, 1.82) is 0 Å². The second-order valence-corrected chi connectivity index (χ2v) is 8.41. The summed E-state index contributed by atoms with van der Waals surface area (Å²) in [4.78, 5) is 22.3. The highest BCUT2D eigenvalue weighted by molar-refractivity contribution is 5.94. The van der Waals surface area contributed by atoms with E-state index in [1.807, 2.05) is 40.9 Å². The van der Waals surface area contributed by atoms with E-state index >= 15 is 0 Å². The number of amides is 1. The third-order valence-corrected chi connectivity index (χ3v) is 6.63. The fourth-order valence-corrected chi connectivity index (χ4v) is 5.23. The van der Waals surface area contributed by atoms with Crippen molar-refractivity contribution in [2.24, 2.45) is 18.9 Å². The minimum Gasteiger partial charge on any atom is -0.337 e. The Morgan fingerprint density at radius 2 is 1.86 bits per heavy atom. The molecule has 2 fully saturated rings. The van der Waals surface area contributed by atoms with Crippen LogP contribution in [0.1, 0.15) is 27.7 Å². The number of aryl methyl sites for hydroxylation is 2. The molecule has 2 aromatic heterocycles. The maximum Gasteiger partial charge on any atom is 0.272 e. The van der Waals surface area contributed by atoms with Gasteiger partial charge in [0.15, 0.2) is 0 Å². The molecule has 0 unspecified atom stereocenters. The van der Waals surface area contributed by atoms with Crippen molar-refractivity contribution in [3.8, 4) is 0 Å². The van der Waals surface area contributed by atoms with Crippen molar-refractivity contribution in [2.45, 2.75) is 13.0 Å². The molecule has 3 atom stereocenters. The van der Waals surface area contributed by atoms with Gasteiger partial charge in [0.1, 0.15) is 11.3 Å². The number of pyridine rings is 1. The topological polar surface area (TPSA) is 41.4 Å². The van der Waals surface area contributed by atoms with Crippen LogP contribution < -0.4 is 0 Å². The van der Waals surface area contributed by atoms with Gasteiger partial charge in [-0.1, -0.05) is 24.3 Å². The van der Waals surface area contributed by atoms with Gasteiger partial charge < -0.3 is 9.47 Å². The van der Waals surface area contributed by atoms with Crippen molar-refractivity contribution >= 4 is 16.9 Å². The van der Waals surface area contributed by atoms with E-state index in [4.69, 9.17) is 0 Å². The van der Waals surface area contributed by atoms with Crippen molar-refractivity contribution in [1.82, 2.24) is 19.4 Å². The second-order valence-electron chi connectivity index (χ2n) is 8.41. The van der Waals surface area contributed by atoms with Crippen molar-refractivity contribution in [3.05, 3.63) is 65.5 Å². The van der Waals surface area contributed by atoms with Crippen LogP contribution in [0.4, 0.5) is 0 Å². The summed E-state index contributed by atoms with van der Waals surface area (Å²) in [5.74, 6) is 1.06. The highest BCUT2D eigenvalue weighted by atomic mass is 16.2. The standard InChI is InChI=1S/C23H26N4O/c1-15-6-4-5-7-18(15)21-19-14-27(13-17(19)12-26(21)3)23(28)20-9-8-16-10-11-25(2)22(16)24-20/h4-11,17,19,21H,12-14H2,1-3H3/t17-,19+,21-/m0/s1. The first kappa shape index (κ1) is 17.4. The van der Waals surface area contributed by atoms with Gasteiger partial charge in [-0.2, -0.15) is 0 Å². The molecule has 5 rings (SSSR count). The van der Waals surface area contributed by atoms with E-state index < -0.39 is 0 Å². The lowest BCUT2D eigenvalue weighted by Crippen LogP contribution is -2.34. The first-order valence-corrected chi connectivity index (χ1v) is 10.00. The Morgan fingerprint density at radius 1 is 1.04 bits per heavy atom. The average Bonchev–Trinajstić information content (AvgIpc) is 3.34. The number of fused-ring (bicyclic) bond motifs is 2. The van der Waals surface area contributed by atoms with E-state index in [2.05, 4.69) is 48.1 Å². The molecule has 2 aliphatic rings. The Hall–Kier alpha value is -2.66. The van der Waals surface area contributed by atoms with E-state index in [-0.39, 0.29) is 5.91 Å². The average molecular weight is 374 g/mol. The molecular weight excluding hydrogens is 348 g/mol. The Bertz CT molecular complexity index is 1060. The Balaban J connectivity index is 1.41. The van der Waals surface area contributed by atoms with Crippen LogP contribution in [0.3, 0.4) is 0 Å². The lowest BCUT2D eigenvalue weighted by molar-refractivity contribution is 0.0762. The fourth-order valence-electron chi connectivity index (χ4n) is 5.23. The molecule has 5 heteroatoms. The summed E-state index contributed by atoms with van der Waals surface area (Å²) in [6.07, 6.45) is 1.98. The maximum atomic E-state index is 13.2. The number of hydrogen-bond acceptors (Lipinski definition) is 3. The lowest BCUT2D eigenvalue weighted by atomic mass is 9.88. The molecular formula is C23H26N4O. The summed E-state index contributed by atoms with van der Waals surface area (Å²) in [5.41, 5.74) is 4.15. The summed E-state index contributed by atoms with van der Waals surface area (Å²) in [5, 5.41) is 1.07. The van der Waals surface area contributed by atoms with Crippen LogP contribution in [-0.2, 0) is 7.05 Å². The molecule has 1 amide bonds. The maximum absolute atomic E-state index is 13.2. The molecule has 144 valence electrons. The largest absolute Gasteiger partial charge is 0.337 e. The number of likely N-dealkylation sites (tertiary alicyclic amines) is 2. The summed E-state index contributed by atoms with van der Waals surface area (Å²) < 4.78 is 1.97. The monoisotopic (exact) mass is 374 g/mol. The van der Waals surface area contributed by atoms with Gasteiger partial charge in [0.05, 0.1) is 0 Å². The number of benzene rings is 1. The second kappa shape index (κ2) is 6.45. The number of nitrogens with zero attached hydrogens (tertiary/aromatic N) is 4. The Kier molecular flexibility index (Phi) is 4.02. The minimum absolute atomic E-state index is 0.0590. The van der Waals surface area contributed by atoms with E-state index in [1.165, 1.54) is 11.1 Å². The quantitative estimate of drug-likeness (QED) is 0.691. The van der Waals surface area contributed by atoms with Crippen LogP contribution in [0.2, 0.25) is 0 Å². The zero-order chi connectivity index (χ0) is 19.4. The third-order valence-electron chi connectivity index (χ3n) is 6.63. The summed E-state index contributed by atoms with van der Waals surface area (Å²) in [6, 6.07) is 14.9. The molecule has 0 bridgehead atoms. The molecule has 0 N–H and O–H groups in total. The van der Waals surface area contributed by atoms with E-state index in [0.717, 1.165) is 30.7 Å². The predicted octanol–water partition coefficient (Wildman–Crippen LogP) is 3.26. The van der Waals surface area contributed by atoms with Gasteiger partial charge in [0.25, 0.3) is 5.91 Å². The van der Waals surface area contributed by atoms with Gasteiger partial charge in [-0.3, -0.25) is 9.69 Å². The Morgan fingerprint density at radius 3 is 2.68 bits per heavy atom. The van der Waals surface area contributed by atoms with Gasteiger partial charge in [-0.25, -0.2) is 4.98 Å². The minimum atomic E-state index is 0.0590. The molecule has 0 aliphatic carbocycles. The number of rotatable bonds is 2. The molecule has 28 heavy (non-hydrogen) atoms. The first-order valence-electron chi connectivity index (χ1n) is 10.00. The van der Waals surface area contributed by atoms with Gasteiger partial charge >= 0.3 is 0 Å². The number of carbonyl (C=O) groups is 1. The SMILES string of the molecule is Cc1ccccc1[C@H]1[C@@H]2CN(C(=O)c3ccc4ccn(C)c4n3)C[C@@H]2CN1C. The Labute approximate surface area is 165 Å². The van der Waals surface area contributed by atoms with E-state index in [1.54, 1.807) is 0 Å². The molecule has 1 aromatic carbocycles. The summed E-state index contributed by atoms with van der Waals surface area (Å²) >= 11 is 0. The highest BCUT2D eigenvalue weighted by Gasteiger charge is 2.47. The van der Waals surface area contributed by atoms with Crippen molar-refractivity contribution < 1.29 is 4.79 Å². The zero-order valence-electron chi connectivity index (χ0n) is 16.7. The molecule has 2 saturated heterocycles. The van der Waals surface area contributed by atoms with Gasteiger partial charge in [-0.15, -0.1) is 0 Å². The fraction of sp³-hybridized carbons (Fsp3) is 0.391. The van der Waals surface area contributed by atoms with Gasteiger partial charge in [0.2, 0.25) is 0 Å². The molecule has 5 nitrogen and oxygen atoms in total. The van der Waals surface area contributed by atoms with Crippen molar-refractivity contribution in [2.75, 3.05) is 26.7 Å². The zero-order valence-corrected chi connectivity index (χ0v) is 16.7. The number of carbonyl (C=O) groups excluding carboxylic acids is 1. The van der Waals surface area contributed by atoms with Gasteiger partial charge in [0, 0.05) is 50.2 Å². The summed E-state index contributed by atoms with van der Waals surface area (Å²) in [6.45, 7) is 4.86. The van der Waals surface area contributed by atoms with E-state index in [0.29, 0.717) is 23.6 Å². The van der Waals surface area contributed by atoms with Crippen LogP contribution >= 0.6 is 0 Å². The molecule has 0 saturated carbocycles. The third kappa shape index (κ3) is 2.65.